The zero-order valence-electron chi connectivity index (χ0n) is 32.2. The van der Waals surface area contributed by atoms with Crippen LogP contribution >= 0.6 is 12.2 Å². The summed E-state index contributed by atoms with van der Waals surface area (Å²) in [6.07, 6.45) is 2.00. The lowest BCUT2D eigenvalue weighted by molar-refractivity contribution is -0.138. The minimum atomic E-state index is -4.76. The number of likely N-dealkylation sites (tertiary alicyclic amines) is 1. The number of benzene rings is 2. The molecule has 4 aliphatic rings. The normalized spacial score (nSPS) is 27.2. The van der Waals surface area contributed by atoms with Crippen LogP contribution in [0.4, 0.5) is 24.5 Å². The quantitative estimate of drug-likeness (QED) is 0.200. The van der Waals surface area contributed by atoms with Crippen LogP contribution in [0.25, 0.3) is 0 Å². The molecule has 3 heterocycles. The third-order valence-electron chi connectivity index (χ3n) is 12.0. The second kappa shape index (κ2) is 16.6. The number of ether oxygens (including phenoxy) is 1. The fraction of sp³-hybridized carbons (Fsp3) is 0.561. The minimum Gasteiger partial charge on any atom is -0.378 e. The van der Waals surface area contributed by atoms with E-state index in [1.807, 2.05) is 17.0 Å². The highest BCUT2D eigenvalue weighted by Gasteiger charge is 2.52. The Hall–Kier alpha value is -4.39. The highest BCUT2D eigenvalue weighted by Crippen LogP contribution is 2.41. The van der Waals surface area contributed by atoms with E-state index in [2.05, 4.69) is 29.4 Å². The number of alkyl halides is 3. The van der Waals surface area contributed by atoms with Crippen LogP contribution in [-0.4, -0.2) is 81.5 Å². The molecule has 3 aliphatic heterocycles. The standard InChI is InChI=1S/C41H49F3N6O5S/c1-24-19-32(20-25(2)48(24)23-36(52)46-29-10-7-27(8-11-29)33-15-16-35(51)47-37(33)53)55-18-17-26-5-12-30(13-6-26)50-39(56)49(38(54)40(50,3)4)31-14-9-28(22-45)34(21-31)41(42,43)44/h7-11,14,21,24-26,30,32-33H,5-6,12-13,15-20,23H2,1-4H3,(H,46,52)(H,47,51,53)/t24-,25+,26?,30?,32?,33?. The number of piperidine rings is 2. The van der Waals surface area contributed by atoms with Crippen molar-refractivity contribution in [2.24, 2.45) is 5.92 Å². The topological polar surface area (TPSA) is 135 Å². The summed E-state index contributed by atoms with van der Waals surface area (Å²) in [6, 6.07) is 12.3. The van der Waals surface area contributed by atoms with Crippen molar-refractivity contribution >= 4 is 52.3 Å². The fourth-order valence-corrected chi connectivity index (χ4v) is 9.50. The van der Waals surface area contributed by atoms with Gasteiger partial charge in [0.15, 0.2) is 5.11 Å². The zero-order chi connectivity index (χ0) is 40.5. The van der Waals surface area contributed by atoms with Gasteiger partial charge in [-0.05, 0) is 133 Å². The number of carbonyl (C=O) groups excluding carboxylic acids is 4. The molecule has 11 nitrogen and oxygen atoms in total. The van der Waals surface area contributed by atoms with Crippen molar-refractivity contribution in [1.29, 1.82) is 5.26 Å². The van der Waals surface area contributed by atoms with Crippen LogP contribution in [0, 0.1) is 17.2 Å². The van der Waals surface area contributed by atoms with Crippen LogP contribution in [-0.2, 0) is 30.1 Å². The largest absolute Gasteiger partial charge is 0.417 e. The molecule has 1 aliphatic carbocycles. The first-order chi connectivity index (χ1) is 26.5. The molecule has 4 fully saturated rings. The number of nitriles is 1. The molecule has 56 heavy (non-hydrogen) atoms. The molecule has 1 saturated carbocycles. The Balaban J connectivity index is 0.942. The summed E-state index contributed by atoms with van der Waals surface area (Å²) in [5.74, 6) is -1.01. The van der Waals surface area contributed by atoms with Gasteiger partial charge >= 0.3 is 6.18 Å². The van der Waals surface area contributed by atoms with Crippen LogP contribution in [0.3, 0.4) is 0 Å². The Morgan fingerprint density at radius 2 is 1.68 bits per heavy atom. The Morgan fingerprint density at radius 1 is 1.02 bits per heavy atom. The molecule has 2 N–H and O–H groups in total. The summed E-state index contributed by atoms with van der Waals surface area (Å²) in [6.45, 7) is 8.59. The number of hydrogen-bond acceptors (Lipinski definition) is 8. The van der Waals surface area contributed by atoms with Gasteiger partial charge in [0, 0.05) is 36.8 Å². The Kier molecular flexibility index (Phi) is 12.2. The van der Waals surface area contributed by atoms with E-state index in [9.17, 15) is 37.6 Å². The van der Waals surface area contributed by atoms with E-state index in [0.29, 0.717) is 31.1 Å². The number of thiocarbonyl (C=S) groups is 1. The maximum absolute atomic E-state index is 13.7. The predicted molar refractivity (Wildman–Crippen MR) is 207 cm³/mol. The average Bonchev–Trinajstić information content (AvgIpc) is 3.32. The first-order valence-electron chi connectivity index (χ1n) is 19.4. The van der Waals surface area contributed by atoms with Crippen LogP contribution in [0.15, 0.2) is 42.5 Å². The Morgan fingerprint density at radius 3 is 2.29 bits per heavy atom. The average molecular weight is 795 g/mol. The number of anilines is 2. The highest BCUT2D eigenvalue weighted by molar-refractivity contribution is 7.80. The molecule has 3 saturated heterocycles. The number of nitrogens with zero attached hydrogens (tertiary/aromatic N) is 4. The van der Waals surface area contributed by atoms with Gasteiger partial charge in [-0.1, -0.05) is 12.1 Å². The number of carbonyl (C=O) groups is 4. The maximum atomic E-state index is 13.7. The molecule has 2 aromatic carbocycles. The van der Waals surface area contributed by atoms with Crippen molar-refractivity contribution in [3.8, 4) is 6.07 Å². The fourth-order valence-electron chi connectivity index (χ4n) is 8.93. The van der Waals surface area contributed by atoms with Gasteiger partial charge in [-0.3, -0.25) is 34.3 Å². The molecule has 15 heteroatoms. The number of imide groups is 1. The monoisotopic (exact) mass is 794 g/mol. The van der Waals surface area contributed by atoms with Gasteiger partial charge < -0.3 is 15.0 Å². The van der Waals surface area contributed by atoms with Crippen LogP contribution in [0.5, 0.6) is 0 Å². The molecule has 4 amide bonds. The summed E-state index contributed by atoms with van der Waals surface area (Å²) < 4.78 is 47.6. The van der Waals surface area contributed by atoms with Gasteiger partial charge in [0.25, 0.3) is 5.91 Å². The number of halogens is 3. The summed E-state index contributed by atoms with van der Waals surface area (Å²) in [5.41, 5.74) is -1.20. The molecule has 0 spiro atoms. The molecule has 0 bridgehead atoms. The van der Waals surface area contributed by atoms with Crippen LogP contribution in [0.1, 0.15) is 108 Å². The number of hydrogen-bond donors (Lipinski definition) is 2. The summed E-state index contributed by atoms with van der Waals surface area (Å²) in [4.78, 5) is 55.6. The minimum absolute atomic E-state index is 0.00104. The second-order valence-corrected chi connectivity index (χ2v) is 16.5. The summed E-state index contributed by atoms with van der Waals surface area (Å²) in [7, 11) is 0. The van der Waals surface area contributed by atoms with Crippen molar-refractivity contribution in [1.82, 2.24) is 15.1 Å². The van der Waals surface area contributed by atoms with Crippen molar-refractivity contribution in [2.45, 2.75) is 127 Å². The van der Waals surface area contributed by atoms with E-state index in [-0.39, 0.29) is 65.2 Å². The third kappa shape index (κ3) is 8.77. The lowest BCUT2D eigenvalue weighted by Crippen LogP contribution is -2.51. The molecule has 0 radical (unpaired) electrons. The molecular weight excluding hydrogens is 746 g/mol. The van der Waals surface area contributed by atoms with Gasteiger partial charge in [0.1, 0.15) is 5.54 Å². The van der Waals surface area contributed by atoms with Crippen molar-refractivity contribution in [2.75, 3.05) is 23.4 Å². The highest BCUT2D eigenvalue weighted by atomic mass is 32.1. The van der Waals surface area contributed by atoms with Crippen molar-refractivity contribution < 1.29 is 37.1 Å². The SMILES string of the molecule is C[C@@H]1CC(OCCC2CCC(N3C(=S)N(c4ccc(C#N)c(C(F)(F)F)c4)C(=O)C3(C)C)CC2)C[C@H](C)N1CC(=O)Nc1ccc(C2CCC(=O)NC2=O)cc1. The zero-order valence-corrected chi connectivity index (χ0v) is 33.0. The number of nitrogens with one attached hydrogen (secondary N) is 2. The molecule has 2 unspecified atom stereocenters. The molecule has 300 valence electrons. The van der Waals surface area contributed by atoms with E-state index < -0.39 is 28.7 Å². The Labute approximate surface area is 330 Å². The van der Waals surface area contributed by atoms with E-state index in [0.717, 1.165) is 62.6 Å². The number of rotatable bonds is 10. The molecule has 2 aromatic rings. The van der Waals surface area contributed by atoms with Gasteiger partial charge in [-0.15, -0.1) is 0 Å². The summed E-state index contributed by atoms with van der Waals surface area (Å²) in [5, 5.41) is 14.7. The van der Waals surface area contributed by atoms with Gasteiger partial charge in [0.2, 0.25) is 17.7 Å². The first kappa shape index (κ1) is 41.2. The van der Waals surface area contributed by atoms with E-state index in [1.54, 1.807) is 32.0 Å². The molecule has 6 rings (SSSR count). The Bertz CT molecular complexity index is 1880. The number of amides is 4. The lowest BCUT2D eigenvalue weighted by Gasteiger charge is -2.42. The smallest absolute Gasteiger partial charge is 0.378 e. The van der Waals surface area contributed by atoms with Crippen molar-refractivity contribution in [3.05, 3.63) is 59.2 Å². The molecule has 0 aromatic heterocycles. The summed E-state index contributed by atoms with van der Waals surface area (Å²) >= 11 is 5.75. The predicted octanol–water partition coefficient (Wildman–Crippen LogP) is 6.65. The lowest BCUT2D eigenvalue weighted by atomic mass is 9.82. The van der Waals surface area contributed by atoms with Crippen LogP contribution < -0.4 is 15.5 Å². The van der Waals surface area contributed by atoms with E-state index in [1.165, 1.54) is 11.0 Å². The van der Waals surface area contributed by atoms with E-state index >= 15 is 0 Å². The molecule has 4 atom stereocenters. The van der Waals surface area contributed by atoms with Gasteiger partial charge in [0.05, 0.1) is 41.5 Å². The second-order valence-electron chi connectivity index (χ2n) is 16.2. The van der Waals surface area contributed by atoms with Crippen molar-refractivity contribution in [3.63, 3.8) is 0 Å². The first-order valence-corrected chi connectivity index (χ1v) is 19.8. The molecular formula is C41H49F3N6O5S. The van der Waals surface area contributed by atoms with Gasteiger partial charge in [-0.25, -0.2) is 0 Å². The maximum Gasteiger partial charge on any atom is 0.417 e. The third-order valence-corrected chi connectivity index (χ3v) is 12.4. The van der Waals surface area contributed by atoms with Crippen LogP contribution in [0.2, 0.25) is 0 Å². The van der Waals surface area contributed by atoms with E-state index in [4.69, 9.17) is 17.0 Å². The van der Waals surface area contributed by atoms with Gasteiger partial charge in [-0.2, -0.15) is 18.4 Å².